The number of carboxylic acids is 1. The number of Topliss-reactive ketones (excluding diaryl/α,β-unsaturated/α-hetero) is 1. The van der Waals surface area contributed by atoms with Crippen LogP contribution in [0.3, 0.4) is 0 Å². The molecule has 1 aliphatic carbocycles. The van der Waals surface area contributed by atoms with E-state index in [1.165, 1.54) is 6.07 Å². The van der Waals surface area contributed by atoms with Gasteiger partial charge in [-0.15, -0.1) is 0 Å². The molecule has 1 heterocycles. The average molecular weight is 394 g/mol. The summed E-state index contributed by atoms with van der Waals surface area (Å²) in [6, 6.07) is 11.7. The Labute approximate surface area is 165 Å². The van der Waals surface area contributed by atoms with E-state index >= 15 is 4.39 Å². The van der Waals surface area contributed by atoms with Crippen molar-refractivity contribution in [1.82, 2.24) is 4.57 Å². The molecule has 6 nitrogen and oxygen atoms in total. The Morgan fingerprint density at radius 3 is 2.52 bits per heavy atom. The number of aliphatic carboxylic acids is 1. The molecule has 0 radical (unpaired) electrons. The van der Waals surface area contributed by atoms with Crippen molar-refractivity contribution in [2.45, 2.75) is 31.7 Å². The first-order valence-corrected chi connectivity index (χ1v) is 9.34. The summed E-state index contributed by atoms with van der Waals surface area (Å²) < 4.78 is 16.8. The van der Waals surface area contributed by atoms with Gasteiger partial charge in [0.2, 0.25) is 5.91 Å². The molecule has 0 fully saturated rings. The van der Waals surface area contributed by atoms with Crippen molar-refractivity contribution in [3.63, 3.8) is 0 Å². The molecule has 0 aliphatic heterocycles. The van der Waals surface area contributed by atoms with Gasteiger partial charge in [-0.25, -0.2) is 9.18 Å². The number of carboxylic acid groups (broad SMARTS) is 1. The van der Waals surface area contributed by atoms with E-state index in [4.69, 9.17) is 5.73 Å². The van der Waals surface area contributed by atoms with E-state index in [-0.39, 0.29) is 16.5 Å². The first kappa shape index (κ1) is 18.9. The Hall–Kier alpha value is -3.48. The molecule has 3 aromatic rings. The van der Waals surface area contributed by atoms with Crippen molar-refractivity contribution >= 4 is 28.6 Å². The molecule has 1 aliphatic rings. The zero-order chi connectivity index (χ0) is 20.7. The fourth-order valence-electron chi connectivity index (χ4n) is 4.32. The van der Waals surface area contributed by atoms with Crippen LogP contribution in [0.25, 0.3) is 10.9 Å². The lowest BCUT2D eigenvalue weighted by molar-refractivity contribution is -0.131. The number of amides is 1. The molecule has 1 aromatic heterocycles. The molecule has 0 saturated carbocycles. The monoisotopic (exact) mass is 394 g/mol. The molecular formula is C22H19FN2O4. The van der Waals surface area contributed by atoms with Crippen LogP contribution in [0.15, 0.2) is 42.5 Å². The minimum Gasteiger partial charge on any atom is -0.475 e. The highest BCUT2D eigenvalue weighted by atomic mass is 19.1. The van der Waals surface area contributed by atoms with Gasteiger partial charge in [0.15, 0.2) is 0 Å². The van der Waals surface area contributed by atoms with Crippen LogP contribution in [0.2, 0.25) is 0 Å². The normalized spacial score (nSPS) is 15.8. The number of rotatable bonds is 5. The van der Waals surface area contributed by atoms with E-state index in [1.54, 1.807) is 4.57 Å². The Morgan fingerprint density at radius 1 is 1.14 bits per heavy atom. The Bertz CT molecular complexity index is 1150. The molecule has 4 rings (SSSR count). The number of ketones is 1. The predicted octanol–water partition coefficient (Wildman–Crippen LogP) is 3.00. The number of aromatic nitrogens is 1. The Balaban J connectivity index is 2.08. The zero-order valence-corrected chi connectivity index (χ0v) is 15.5. The van der Waals surface area contributed by atoms with Crippen LogP contribution in [0.5, 0.6) is 0 Å². The van der Waals surface area contributed by atoms with Crippen molar-refractivity contribution in [1.29, 1.82) is 0 Å². The lowest BCUT2D eigenvalue weighted by atomic mass is 9.83. The van der Waals surface area contributed by atoms with Crippen molar-refractivity contribution < 1.29 is 23.9 Å². The van der Waals surface area contributed by atoms with Gasteiger partial charge in [0.1, 0.15) is 5.82 Å². The summed E-state index contributed by atoms with van der Waals surface area (Å²) in [6.45, 7) is 0.333. The summed E-state index contributed by atoms with van der Waals surface area (Å²) in [4.78, 5) is 35.9. The van der Waals surface area contributed by atoms with E-state index < -0.39 is 29.4 Å². The number of hydrogen-bond acceptors (Lipinski definition) is 3. The Morgan fingerprint density at radius 2 is 1.86 bits per heavy atom. The largest absolute Gasteiger partial charge is 0.475 e. The van der Waals surface area contributed by atoms with E-state index in [0.29, 0.717) is 31.4 Å². The highest BCUT2D eigenvalue weighted by Crippen LogP contribution is 2.42. The fraction of sp³-hybridized carbons (Fsp3) is 0.227. The van der Waals surface area contributed by atoms with Gasteiger partial charge in [0, 0.05) is 23.2 Å². The highest BCUT2D eigenvalue weighted by molar-refractivity contribution is 6.42. The van der Waals surface area contributed by atoms with Crippen LogP contribution in [-0.2, 0) is 22.6 Å². The maximum atomic E-state index is 15.0. The molecule has 2 aromatic carbocycles. The average Bonchev–Trinajstić information content (AvgIpc) is 3.04. The number of hydrogen-bond donors (Lipinski definition) is 2. The van der Waals surface area contributed by atoms with Gasteiger partial charge in [-0.1, -0.05) is 30.3 Å². The van der Waals surface area contributed by atoms with Gasteiger partial charge in [-0.2, -0.15) is 0 Å². The van der Waals surface area contributed by atoms with Crippen LogP contribution < -0.4 is 5.73 Å². The zero-order valence-electron chi connectivity index (χ0n) is 15.5. The van der Waals surface area contributed by atoms with Gasteiger partial charge in [-0.05, 0) is 42.5 Å². The number of nitrogens with zero attached hydrogens (tertiary/aromatic N) is 1. The SMILES string of the molecule is NC(=O)C1CCCc2c1c1c(C(=O)C(=O)O)ccc(F)c1n2Cc1ccccc1. The van der Waals surface area contributed by atoms with Crippen molar-refractivity contribution in [2.75, 3.05) is 0 Å². The minimum absolute atomic E-state index is 0.120. The molecule has 0 bridgehead atoms. The van der Waals surface area contributed by atoms with E-state index in [9.17, 15) is 19.5 Å². The van der Waals surface area contributed by atoms with Gasteiger partial charge in [0.25, 0.3) is 5.78 Å². The van der Waals surface area contributed by atoms with Gasteiger partial charge >= 0.3 is 5.97 Å². The standard InChI is InChI=1S/C22H19FN2O4/c23-15-10-9-13(20(26)22(28)29)18-17-14(21(24)27)7-4-8-16(17)25(19(15)18)11-12-5-2-1-3-6-12/h1-3,5-6,9-10,14H,4,7-8,11H2,(H2,24,27)(H,28,29). The summed E-state index contributed by atoms with van der Waals surface area (Å²) in [7, 11) is 0. The number of fused-ring (bicyclic) bond motifs is 3. The summed E-state index contributed by atoms with van der Waals surface area (Å²) in [5.74, 6) is -4.60. The predicted molar refractivity (Wildman–Crippen MR) is 104 cm³/mol. The van der Waals surface area contributed by atoms with Crippen molar-refractivity contribution in [2.24, 2.45) is 5.73 Å². The summed E-state index contributed by atoms with van der Waals surface area (Å²) in [5, 5.41) is 9.43. The second-order valence-corrected chi connectivity index (χ2v) is 7.23. The third-order valence-electron chi connectivity index (χ3n) is 5.53. The fourth-order valence-corrected chi connectivity index (χ4v) is 4.32. The maximum absolute atomic E-state index is 15.0. The van der Waals surface area contributed by atoms with E-state index in [2.05, 4.69) is 0 Å². The van der Waals surface area contributed by atoms with Gasteiger partial charge < -0.3 is 15.4 Å². The van der Waals surface area contributed by atoms with Crippen LogP contribution in [0.4, 0.5) is 4.39 Å². The van der Waals surface area contributed by atoms with Crippen LogP contribution in [-0.4, -0.2) is 27.3 Å². The molecule has 29 heavy (non-hydrogen) atoms. The van der Waals surface area contributed by atoms with Crippen molar-refractivity contribution in [3.05, 3.63) is 70.7 Å². The summed E-state index contributed by atoms with van der Waals surface area (Å²) in [5.41, 5.74) is 7.76. The first-order chi connectivity index (χ1) is 13.9. The maximum Gasteiger partial charge on any atom is 0.377 e. The Kier molecular flexibility index (Phi) is 4.66. The van der Waals surface area contributed by atoms with E-state index in [0.717, 1.165) is 17.3 Å². The number of benzene rings is 2. The molecular weight excluding hydrogens is 375 g/mol. The number of carbonyl (C=O) groups is 3. The van der Waals surface area contributed by atoms with Gasteiger partial charge in [-0.3, -0.25) is 9.59 Å². The van der Waals surface area contributed by atoms with Crippen LogP contribution >= 0.6 is 0 Å². The molecule has 1 unspecified atom stereocenters. The number of primary amides is 1. The highest BCUT2D eigenvalue weighted by Gasteiger charge is 2.34. The lowest BCUT2D eigenvalue weighted by Crippen LogP contribution is -2.25. The third-order valence-corrected chi connectivity index (χ3v) is 5.53. The molecule has 1 amide bonds. The quantitative estimate of drug-likeness (QED) is 0.513. The van der Waals surface area contributed by atoms with Crippen LogP contribution in [0, 0.1) is 5.82 Å². The van der Waals surface area contributed by atoms with Crippen molar-refractivity contribution in [3.8, 4) is 0 Å². The second-order valence-electron chi connectivity index (χ2n) is 7.23. The molecule has 148 valence electrons. The first-order valence-electron chi connectivity index (χ1n) is 9.34. The number of halogens is 1. The molecule has 7 heteroatoms. The van der Waals surface area contributed by atoms with Gasteiger partial charge in [0.05, 0.1) is 11.4 Å². The summed E-state index contributed by atoms with van der Waals surface area (Å²) >= 11 is 0. The van der Waals surface area contributed by atoms with E-state index in [1.807, 2.05) is 30.3 Å². The molecule has 3 N–H and O–H groups in total. The topological polar surface area (TPSA) is 102 Å². The molecule has 1 atom stereocenters. The lowest BCUT2D eigenvalue weighted by Gasteiger charge is -2.22. The second kappa shape index (κ2) is 7.16. The number of nitrogens with two attached hydrogens (primary N) is 1. The third kappa shape index (κ3) is 3.08. The number of carbonyl (C=O) groups excluding carboxylic acids is 2. The van der Waals surface area contributed by atoms with Crippen LogP contribution in [0.1, 0.15) is 45.9 Å². The minimum atomic E-state index is -1.63. The summed E-state index contributed by atoms with van der Waals surface area (Å²) in [6.07, 6.45) is 1.75. The molecule has 0 saturated heterocycles. The molecule has 0 spiro atoms. The smallest absolute Gasteiger partial charge is 0.377 e.